The molecule has 0 aliphatic heterocycles. The Morgan fingerprint density at radius 2 is 2.41 bits per heavy atom. The number of rotatable bonds is 5. The standard InChI is InChI=1S/C13H22ClN3/c1-17-13(6-8-16-17)5-7-15-10-11-3-2-4-12(14)9-11/h6,8,11-12,15H,2-5,7,9-10H2,1H3. The number of aromatic nitrogens is 2. The Morgan fingerprint density at radius 3 is 3.12 bits per heavy atom. The van der Waals surface area contributed by atoms with Crippen molar-refractivity contribution in [3.63, 3.8) is 0 Å². The molecule has 1 aromatic rings. The number of hydrogen-bond acceptors (Lipinski definition) is 2. The number of aryl methyl sites for hydroxylation is 1. The van der Waals surface area contributed by atoms with Crippen LogP contribution in [-0.4, -0.2) is 28.2 Å². The predicted molar refractivity (Wildman–Crippen MR) is 71.4 cm³/mol. The third-order valence-corrected chi connectivity index (χ3v) is 4.03. The molecule has 0 radical (unpaired) electrons. The molecule has 2 atom stereocenters. The topological polar surface area (TPSA) is 29.9 Å². The molecule has 17 heavy (non-hydrogen) atoms. The normalized spacial score (nSPS) is 25.1. The Labute approximate surface area is 109 Å². The van der Waals surface area contributed by atoms with E-state index in [2.05, 4.69) is 16.5 Å². The molecule has 1 aromatic heterocycles. The lowest BCUT2D eigenvalue weighted by molar-refractivity contribution is 0.347. The zero-order valence-electron chi connectivity index (χ0n) is 10.5. The first-order chi connectivity index (χ1) is 8.25. The van der Waals surface area contributed by atoms with Gasteiger partial charge in [0.15, 0.2) is 0 Å². The Hall–Kier alpha value is -0.540. The van der Waals surface area contributed by atoms with Gasteiger partial charge in [0, 0.05) is 37.3 Å². The third-order valence-electron chi connectivity index (χ3n) is 3.63. The van der Waals surface area contributed by atoms with Crippen molar-refractivity contribution in [2.75, 3.05) is 13.1 Å². The Morgan fingerprint density at radius 1 is 1.53 bits per heavy atom. The molecule has 96 valence electrons. The highest BCUT2D eigenvalue weighted by molar-refractivity contribution is 6.20. The summed E-state index contributed by atoms with van der Waals surface area (Å²) in [5.41, 5.74) is 1.29. The monoisotopic (exact) mass is 255 g/mol. The molecule has 0 aromatic carbocycles. The first-order valence-corrected chi connectivity index (χ1v) is 7.01. The van der Waals surface area contributed by atoms with Crippen molar-refractivity contribution >= 4 is 11.6 Å². The molecule has 0 bridgehead atoms. The van der Waals surface area contributed by atoms with Gasteiger partial charge in [-0.2, -0.15) is 5.10 Å². The molecule has 1 aliphatic rings. The van der Waals surface area contributed by atoms with Crippen molar-refractivity contribution in [3.05, 3.63) is 18.0 Å². The summed E-state index contributed by atoms with van der Waals surface area (Å²) in [6, 6.07) is 2.08. The maximum absolute atomic E-state index is 6.19. The predicted octanol–water partition coefficient (Wildman–Crippen LogP) is 2.35. The van der Waals surface area contributed by atoms with E-state index in [4.69, 9.17) is 11.6 Å². The van der Waals surface area contributed by atoms with Gasteiger partial charge in [0.1, 0.15) is 0 Å². The van der Waals surface area contributed by atoms with Crippen molar-refractivity contribution in [2.45, 2.75) is 37.5 Å². The van der Waals surface area contributed by atoms with Crippen LogP contribution in [0.5, 0.6) is 0 Å². The van der Waals surface area contributed by atoms with E-state index in [9.17, 15) is 0 Å². The fraction of sp³-hybridized carbons (Fsp3) is 0.769. The van der Waals surface area contributed by atoms with Gasteiger partial charge in [0.2, 0.25) is 0 Å². The van der Waals surface area contributed by atoms with Crippen molar-refractivity contribution in [1.29, 1.82) is 0 Å². The van der Waals surface area contributed by atoms with Crippen LogP contribution < -0.4 is 5.32 Å². The van der Waals surface area contributed by atoms with Gasteiger partial charge >= 0.3 is 0 Å². The van der Waals surface area contributed by atoms with Crippen LogP contribution in [0.2, 0.25) is 0 Å². The molecule has 1 saturated carbocycles. The highest BCUT2D eigenvalue weighted by Gasteiger charge is 2.19. The number of nitrogens with zero attached hydrogens (tertiary/aromatic N) is 2. The number of alkyl halides is 1. The number of hydrogen-bond donors (Lipinski definition) is 1. The maximum Gasteiger partial charge on any atom is 0.0492 e. The van der Waals surface area contributed by atoms with Gasteiger partial charge in [-0.25, -0.2) is 0 Å². The molecule has 4 heteroatoms. The van der Waals surface area contributed by atoms with Gasteiger partial charge < -0.3 is 5.32 Å². The summed E-state index contributed by atoms with van der Waals surface area (Å²) in [4.78, 5) is 0. The molecule has 1 aliphatic carbocycles. The zero-order valence-corrected chi connectivity index (χ0v) is 11.3. The molecule has 0 spiro atoms. The fourth-order valence-corrected chi connectivity index (χ4v) is 2.99. The maximum atomic E-state index is 6.19. The van der Waals surface area contributed by atoms with Crippen LogP contribution in [0.15, 0.2) is 12.3 Å². The van der Waals surface area contributed by atoms with Gasteiger partial charge in [-0.1, -0.05) is 6.42 Å². The summed E-state index contributed by atoms with van der Waals surface area (Å²) in [7, 11) is 1.99. The summed E-state index contributed by atoms with van der Waals surface area (Å²) < 4.78 is 1.94. The number of halogens is 1. The summed E-state index contributed by atoms with van der Waals surface area (Å²) in [6.45, 7) is 2.14. The Kier molecular flexibility index (Phi) is 4.86. The molecule has 2 unspecified atom stereocenters. The zero-order chi connectivity index (χ0) is 12.1. The minimum Gasteiger partial charge on any atom is -0.316 e. The molecule has 1 fully saturated rings. The highest BCUT2D eigenvalue weighted by atomic mass is 35.5. The van der Waals surface area contributed by atoms with Crippen LogP contribution in [0, 0.1) is 5.92 Å². The van der Waals surface area contributed by atoms with Gasteiger partial charge in [0.25, 0.3) is 0 Å². The van der Waals surface area contributed by atoms with E-state index in [0.29, 0.717) is 5.38 Å². The highest BCUT2D eigenvalue weighted by Crippen LogP contribution is 2.27. The average Bonchev–Trinajstić information content (AvgIpc) is 2.71. The lowest BCUT2D eigenvalue weighted by Crippen LogP contribution is -2.29. The largest absolute Gasteiger partial charge is 0.316 e. The average molecular weight is 256 g/mol. The van der Waals surface area contributed by atoms with Crippen molar-refractivity contribution in [2.24, 2.45) is 13.0 Å². The smallest absolute Gasteiger partial charge is 0.0492 e. The van der Waals surface area contributed by atoms with Crippen LogP contribution in [0.4, 0.5) is 0 Å². The molecule has 0 saturated heterocycles. The molecule has 2 rings (SSSR count). The van der Waals surface area contributed by atoms with Crippen molar-refractivity contribution in [1.82, 2.24) is 15.1 Å². The van der Waals surface area contributed by atoms with E-state index in [1.165, 1.54) is 31.4 Å². The molecular formula is C13H22ClN3. The van der Waals surface area contributed by atoms with Crippen molar-refractivity contribution in [3.8, 4) is 0 Å². The van der Waals surface area contributed by atoms with Gasteiger partial charge in [0.05, 0.1) is 0 Å². The molecule has 1 N–H and O–H groups in total. The lowest BCUT2D eigenvalue weighted by atomic mass is 9.89. The second kappa shape index (κ2) is 6.41. The SMILES string of the molecule is Cn1nccc1CCNCC1CCCC(Cl)C1. The molecule has 1 heterocycles. The first-order valence-electron chi connectivity index (χ1n) is 6.57. The number of nitrogens with one attached hydrogen (secondary N) is 1. The Bertz CT molecular complexity index is 337. The van der Waals surface area contributed by atoms with Crippen LogP contribution in [0.25, 0.3) is 0 Å². The lowest BCUT2D eigenvalue weighted by Gasteiger charge is -2.25. The van der Waals surface area contributed by atoms with Gasteiger partial charge in [-0.15, -0.1) is 11.6 Å². The molecule has 3 nitrogen and oxygen atoms in total. The minimum atomic E-state index is 0.410. The van der Waals surface area contributed by atoms with E-state index in [0.717, 1.165) is 25.4 Å². The Balaban J connectivity index is 1.61. The summed E-state index contributed by atoms with van der Waals surface area (Å²) in [5, 5.41) is 8.12. The van der Waals surface area contributed by atoms with E-state index in [-0.39, 0.29) is 0 Å². The fourth-order valence-electron chi connectivity index (χ4n) is 2.58. The quantitative estimate of drug-likeness (QED) is 0.647. The second-order valence-electron chi connectivity index (χ2n) is 5.03. The minimum absolute atomic E-state index is 0.410. The van der Waals surface area contributed by atoms with Crippen molar-refractivity contribution < 1.29 is 0 Å². The second-order valence-corrected chi connectivity index (χ2v) is 5.65. The van der Waals surface area contributed by atoms with E-state index in [1.807, 2.05) is 17.9 Å². The molecular weight excluding hydrogens is 234 g/mol. The van der Waals surface area contributed by atoms with Crippen LogP contribution in [0.1, 0.15) is 31.4 Å². The van der Waals surface area contributed by atoms with Crippen LogP contribution in [-0.2, 0) is 13.5 Å². The van der Waals surface area contributed by atoms with Crippen LogP contribution >= 0.6 is 11.6 Å². The van der Waals surface area contributed by atoms with E-state index in [1.54, 1.807) is 0 Å². The first kappa shape index (κ1) is 12.9. The summed E-state index contributed by atoms with van der Waals surface area (Å²) in [6.07, 6.45) is 7.92. The summed E-state index contributed by atoms with van der Waals surface area (Å²) in [5.74, 6) is 0.776. The summed E-state index contributed by atoms with van der Waals surface area (Å²) >= 11 is 6.19. The molecule has 0 amide bonds. The van der Waals surface area contributed by atoms with E-state index >= 15 is 0 Å². The van der Waals surface area contributed by atoms with Gasteiger partial charge in [-0.05, 0) is 37.8 Å². The third kappa shape index (κ3) is 4.00. The van der Waals surface area contributed by atoms with Crippen LogP contribution in [0.3, 0.4) is 0 Å². The van der Waals surface area contributed by atoms with Gasteiger partial charge in [-0.3, -0.25) is 4.68 Å². The van der Waals surface area contributed by atoms with E-state index < -0.39 is 0 Å².